The van der Waals surface area contributed by atoms with Gasteiger partial charge in [0, 0.05) is 6.54 Å². The van der Waals surface area contributed by atoms with E-state index >= 15 is 0 Å². The first-order chi connectivity index (χ1) is 5.56. The molecule has 1 unspecified atom stereocenters. The normalized spacial score (nSPS) is 13.1. The first kappa shape index (κ1) is 11.4. The number of likely N-dealkylation sites (N-methyl/N-ethyl adjacent to an activating group) is 1. The van der Waals surface area contributed by atoms with Gasteiger partial charge in [-0.3, -0.25) is 4.79 Å². The van der Waals surface area contributed by atoms with Crippen LogP contribution in [0.25, 0.3) is 0 Å². The Bertz CT molecular complexity index is 139. The average molecular weight is 176 g/mol. The van der Waals surface area contributed by atoms with Gasteiger partial charge in [-0.1, -0.05) is 0 Å². The number of carbonyl (C=O) groups excluding carboxylic acids is 1. The van der Waals surface area contributed by atoms with Gasteiger partial charge in [-0.05, 0) is 14.1 Å². The zero-order chi connectivity index (χ0) is 9.56. The molecule has 1 atom stereocenters. The quantitative estimate of drug-likeness (QED) is 0.454. The van der Waals surface area contributed by atoms with Crippen LogP contribution in [0.2, 0.25) is 0 Å². The summed E-state index contributed by atoms with van der Waals surface area (Å²) in [5, 5.41) is 19.8. The fourth-order valence-electron chi connectivity index (χ4n) is 0.639. The van der Waals surface area contributed by atoms with Crippen LogP contribution < -0.4 is 5.32 Å². The number of amides is 1. The minimum Gasteiger partial charge on any atom is -0.394 e. The van der Waals surface area contributed by atoms with Crippen LogP contribution in [0.5, 0.6) is 0 Å². The Labute approximate surface area is 72.0 Å². The molecule has 0 heterocycles. The van der Waals surface area contributed by atoms with Crippen molar-refractivity contribution in [2.24, 2.45) is 0 Å². The largest absolute Gasteiger partial charge is 0.394 e. The zero-order valence-electron chi connectivity index (χ0n) is 7.45. The highest BCUT2D eigenvalue weighted by Crippen LogP contribution is 1.78. The minimum atomic E-state index is -0.865. The van der Waals surface area contributed by atoms with E-state index in [1.165, 1.54) is 0 Å². The van der Waals surface area contributed by atoms with Crippen LogP contribution in [0.1, 0.15) is 0 Å². The van der Waals surface area contributed by atoms with Crippen LogP contribution in [0.3, 0.4) is 0 Å². The Morgan fingerprint density at radius 3 is 2.58 bits per heavy atom. The lowest BCUT2D eigenvalue weighted by Gasteiger charge is -2.11. The lowest BCUT2D eigenvalue weighted by Crippen LogP contribution is -2.38. The van der Waals surface area contributed by atoms with E-state index in [1.807, 2.05) is 0 Å². The summed E-state index contributed by atoms with van der Waals surface area (Å²) in [5.74, 6) is -0.160. The van der Waals surface area contributed by atoms with E-state index in [0.29, 0.717) is 0 Å². The minimum absolute atomic E-state index is 0.100. The van der Waals surface area contributed by atoms with Gasteiger partial charge in [0.15, 0.2) is 0 Å². The van der Waals surface area contributed by atoms with Crippen LogP contribution in [-0.2, 0) is 4.79 Å². The lowest BCUT2D eigenvalue weighted by molar-refractivity contribution is -0.122. The van der Waals surface area contributed by atoms with Gasteiger partial charge in [-0.2, -0.15) is 0 Å². The summed E-state index contributed by atoms with van der Waals surface area (Å²) in [6.45, 7) is 0.0591. The molecule has 0 aromatic carbocycles. The van der Waals surface area contributed by atoms with Gasteiger partial charge in [0.05, 0.1) is 19.3 Å². The van der Waals surface area contributed by atoms with Gasteiger partial charge in [0.2, 0.25) is 5.91 Å². The maximum absolute atomic E-state index is 10.9. The number of hydrogen-bond acceptors (Lipinski definition) is 4. The summed E-state index contributed by atoms with van der Waals surface area (Å²) < 4.78 is 0. The van der Waals surface area contributed by atoms with Crippen molar-refractivity contribution < 1.29 is 15.0 Å². The molecule has 0 fully saturated rings. The second-order valence-electron chi connectivity index (χ2n) is 2.88. The monoisotopic (exact) mass is 176 g/mol. The SMILES string of the molecule is CN(C)CC(=O)NCC(O)CO. The van der Waals surface area contributed by atoms with E-state index in [1.54, 1.807) is 19.0 Å². The van der Waals surface area contributed by atoms with Gasteiger partial charge in [0.1, 0.15) is 0 Å². The third-order valence-electron chi connectivity index (χ3n) is 1.21. The van der Waals surface area contributed by atoms with E-state index in [-0.39, 0.29) is 25.6 Å². The predicted octanol–water partition coefficient (Wildman–Crippen LogP) is -1.98. The van der Waals surface area contributed by atoms with Crippen LogP contribution in [0.4, 0.5) is 0 Å². The highest BCUT2D eigenvalue weighted by molar-refractivity contribution is 5.77. The molecule has 1 amide bonds. The molecule has 5 heteroatoms. The maximum atomic E-state index is 10.9. The molecule has 0 saturated carbocycles. The molecule has 0 aliphatic heterocycles. The van der Waals surface area contributed by atoms with E-state index in [4.69, 9.17) is 10.2 Å². The van der Waals surface area contributed by atoms with E-state index in [2.05, 4.69) is 5.32 Å². The number of aliphatic hydroxyl groups is 2. The first-order valence-electron chi connectivity index (χ1n) is 3.76. The molecule has 72 valence electrons. The number of rotatable bonds is 5. The fourth-order valence-corrected chi connectivity index (χ4v) is 0.639. The predicted molar refractivity (Wildman–Crippen MR) is 44.7 cm³/mol. The molecule has 0 spiro atoms. The molecule has 0 aliphatic carbocycles. The molecule has 0 aromatic heterocycles. The van der Waals surface area contributed by atoms with Crippen molar-refractivity contribution in [3.05, 3.63) is 0 Å². The lowest BCUT2D eigenvalue weighted by atomic mass is 10.4. The topological polar surface area (TPSA) is 72.8 Å². The molecule has 0 aliphatic rings. The van der Waals surface area contributed by atoms with Gasteiger partial charge < -0.3 is 20.4 Å². The second-order valence-corrected chi connectivity index (χ2v) is 2.88. The fraction of sp³-hybridized carbons (Fsp3) is 0.857. The molecule has 3 N–H and O–H groups in total. The second kappa shape index (κ2) is 5.93. The molecule has 0 rings (SSSR count). The smallest absolute Gasteiger partial charge is 0.234 e. The number of nitrogens with zero attached hydrogens (tertiary/aromatic N) is 1. The Hall–Kier alpha value is -0.650. The standard InChI is InChI=1S/C7H16N2O3/c1-9(2)4-7(12)8-3-6(11)5-10/h6,10-11H,3-5H2,1-2H3,(H,8,12). The Kier molecular flexibility index (Phi) is 5.61. The molecular weight excluding hydrogens is 160 g/mol. The van der Waals surface area contributed by atoms with E-state index in [9.17, 15) is 4.79 Å². The van der Waals surface area contributed by atoms with Gasteiger partial charge >= 0.3 is 0 Å². The van der Waals surface area contributed by atoms with Crippen molar-refractivity contribution in [2.45, 2.75) is 6.10 Å². The van der Waals surface area contributed by atoms with Crippen LogP contribution in [0.15, 0.2) is 0 Å². The summed E-state index contributed by atoms with van der Waals surface area (Å²) >= 11 is 0. The summed E-state index contributed by atoms with van der Waals surface area (Å²) in [5.41, 5.74) is 0. The van der Waals surface area contributed by atoms with Gasteiger partial charge in [-0.25, -0.2) is 0 Å². The molecule has 0 aromatic rings. The number of aliphatic hydroxyl groups excluding tert-OH is 2. The summed E-state index contributed by atoms with van der Waals surface area (Å²) in [6, 6.07) is 0. The zero-order valence-corrected chi connectivity index (χ0v) is 7.45. The van der Waals surface area contributed by atoms with Crippen molar-refractivity contribution >= 4 is 5.91 Å². The molecule has 12 heavy (non-hydrogen) atoms. The number of nitrogens with one attached hydrogen (secondary N) is 1. The highest BCUT2D eigenvalue weighted by Gasteiger charge is 2.05. The maximum Gasteiger partial charge on any atom is 0.234 e. The Morgan fingerprint density at radius 1 is 1.58 bits per heavy atom. The van der Waals surface area contributed by atoms with Crippen LogP contribution in [-0.4, -0.2) is 60.9 Å². The number of carbonyl (C=O) groups is 1. The first-order valence-corrected chi connectivity index (χ1v) is 3.76. The van der Waals surface area contributed by atoms with Crippen LogP contribution in [0, 0.1) is 0 Å². The van der Waals surface area contributed by atoms with Crippen LogP contribution >= 0.6 is 0 Å². The van der Waals surface area contributed by atoms with Gasteiger partial charge in [-0.15, -0.1) is 0 Å². The molecular formula is C7H16N2O3. The van der Waals surface area contributed by atoms with Crippen molar-refractivity contribution in [3.63, 3.8) is 0 Å². The van der Waals surface area contributed by atoms with Crippen molar-refractivity contribution in [1.29, 1.82) is 0 Å². The summed E-state index contributed by atoms with van der Waals surface area (Å²) in [6.07, 6.45) is -0.865. The molecule has 0 saturated heterocycles. The third-order valence-corrected chi connectivity index (χ3v) is 1.21. The van der Waals surface area contributed by atoms with E-state index in [0.717, 1.165) is 0 Å². The van der Waals surface area contributed by atoms with Crippen molar-refractivity contribution in [3.8, 4) is 0 Å². The summed E-state index contributed by atoms with van der Waals surface area (Å²) in [7, 11) is 3.56. The summed E-state index contributed by atoms with van der Waals surface area (Å²) in [4.78, 5) is 12.7. The van der Waals surface area contributed by atoms with Crippen molar-refractivity contribution in [2.75, 3.05) is 33.8 Å². The molecule has 0 bridgehead atoms. The average Bonchev–Trinajstić information content (AvgIpc) is 1.99. The number of hydrogen-bond donors (Lipinski definition) is 3. The van der Waals surface area contributed by atoms with E-state index < -0.39 is 6.10 Å². The van der Waals surface area contributed by atoms with Crippen molar-refractivity contribution in [1.82, 2.24) is 10.2 Å². The van der Waals surface area contributed by atoms with Gasteiger partial charge in [0.25, 0.3) is 0 Å². The highest BCUT2D eigenvalue weighted by atomic mass is 16.3. The molecule has 0 radical (unpaired) electrons. The Balaban J connectivity index is 3.44. The Morgan fingerprint density at radius 2 is 2.17 bits per heavy atom. The molecule has 5 nitrogen and oxygen atoms in total. The third kappa shape index (κ3) is 6.09.